The second-order valence-electron chi connectivity index (χ2n) is 4.53. The molecule has 1 heterocycles. The second kappa shape index (κ2) is 5.43. The van der Waals surface area contributed by atoms with Crippen LogP contribution in [0.1, 0.15) is 0 Å². The van der Waals surface area contributed by atoms with Gasteiger partial charge < -0.3 is 5.43 Å². The quantitative estimate of drug-likeness (QED) is 0.570. The zero-order chi connectivity index (χ0) is 12.5. The zero-order valence-electron chi connectivity index (χ0n) is 10.9. The lowest BCUT2D eigenvalue weighted by molar-refractivity contribution is 0.497. The van der Waals surface area contributed by atoms with Crippen LogP contribution in [0.4, 0.5) is 5.69 Å². The Hall–Kier alpha value is -1.84. The molecule has 3 nitrogen and oxygen atoms in total. The van der Waals surface area contributed by atoms with Crippen LogP contribution in [-0.4, -0.2) is 24.1 Å². The lowest BCUT2D eigenvalue weighted by Crippen LogP contribution is -2.20. The smallest absolute Gasteiger partial charge is 0.0731 e. The standard InChI is InChI=1S/C15H15N3.ClH/c1-18(2)17-15-11-7-3-5-9-13(11)16-14-10-6-4-8-12(14)15;/h3-10H,1-2H3,(H,16,17);1H. The van der Waals surface area contributed by atoms with E-state index >= 15 is 0 Å². The Morgan fingerprint density at radius 1 is 0.842 bits per heavy atom. The number of hydrogen-bond acceptors (Lipinski definition) is 3. The van der Waals surface area contributed by atoms with Crippen LogP contribution in [0.25, 0.3) is 21.8 Å². The Kier molecular flexibility index (Phi) is 3.88. The highest BCUT2D eigenvalue weighted by atomic mass is 35.5. The summed E-state index contributed by atoms with van der Waals surface area (Å²) in [7, 11) is 3.98. The summed E-state index contributed by atoms with van der Waals surface area (Å²) >= 11 is 0. The first-order valence-electron chi connectivity index (χ1n) is 5.97. The largest absolute Gasteiger partial charge is 0.318 e. The van der Waals surface area contributed by atoms with Crippen molar-refractivity contribution < 1.29 is 0 Å². The maximum Gasteiger partial charge on any atom is 0.0731 e. The lowest BCUT2D eigenvalue weighted by atomic mass is 10.1. The SMILES string of the molecule is CN(C)Nc1c2ccccc2nc2ccccc12.Cl. The predicted molar refractivity (Wildman–Crippen MR) is 83.8 cm³/mol. The maximum atomic E-state index is 4.69. The van der Waals surface area contributed by atoms with Crippen LogP contribution in [-0.2, 0) is 0 Å². The van der Waals surface area contributed by atoms with E-state index in [2.05, 4.69) is 22.5 Å². The first-order chi connectivity index (χ1) is 8.75. The lowest BCUT2D eigenvalue weighted by Gasteiger charge is -2.17. The molecule has 0 radical (unpaired) electrons. The third-order valence-corrected chi connectivity index (χ3v) is 2.92. The summed E-state index contributed by atoms with van der Waals surface area (Å²) in [6.45, 7) is 0. The van der Waals surface area contributed by atoms with Crippen LogP contribution in [0.2, 0.25) is 0 Å². The topological polar surface area (TPSA) is 28.2 Å². The van der Waals surface area contributed by atoms with Crippen molar-refractivity contribution in [1.29, 1.82) is 0 Å². The van der Waals surface area contributed by atoms with Gasteiger partial charge in [-0.1, -0.05) is 36.4 Å². The summed E-state index contributed by atoms with van der Waals surface area (Å²) in [5.41, 5.74) is 6.53. The molecule has 4 heteroatoms. The number of fused-ring (bicyclic) bond motifs is 2. The molecular formula is C15H16ClN3. The van der Waals surface area contributed by atoms with Gasteiger partial charge in [0.1, 0.15) is 0 Å². The maximum absolute atomic E-state index is 4.69. The number of benzene rings is 2. The van der Waals surface area contributed by atoms with Gasteiger partial charge >= 0.3 is 0 Å². The third-order valence-electron chi connectivity index (χ3n) is 2.92. The van der Waals surface area contributed by atoms with Gasteiger partial charge in [-0.3, -0.25) is 0 Å². The molecule has 0 saturated heterocycles. The number of pyridine rings is 1. The summed E-state index contributed by atoms with van der Waals surface area (Å²) < 4.78 is 0. The molecule has 0 aliphatic rings. The molecule has 0 fully saturated rings. The van der Waals surface area contributed by atoms with E-state index in [4.69, 9.17) is 0 Å². The van der Waals surface area contributed by atoms with Crippen molar-refractivity contribution in [2.24, 2.45) is 0 Å². The van der Waals surface area contributed by atoms with Gasteiger partial charge in [0.05, 0.1) is 16.7 Å². The van der Waals surface area contributed by atoms with Crippen molar-refractivity contribution in [1.82, 2.24) is 9.99 Å². The van der Waals surface area contributed by atoms with Crippen molar-refractivity contribution in [3.8, 4) is 0 Å². The van der Waals surface area contributed by atoms with Crippen LogP contribution in [0.5, 0.6) is 0 Å². The van der Waals surface area contributed by atoms with Gasteiger partial charge in [0.2, 0.25) is 0 Å². The minimum absolute atomic E-state index is 0. The summed E-state index contributed by atoms with van der Waals surface area (Å²) in [5.74, 6) is 0. The van der Waals surface area contributed by atoms with Crippen molar-refractivity contribution in [2.75, 3.05) is 19.5 Å². The molecule has 0 bridgehead atoms. The number of halogens is 1. The number of nitrogens with zero attached hydrogens (tertiary/aromatic N) is 2. The van der Waals surface area contributed by atoms with Gasteiger partial charge in [0, 0.05) is 24.9 Å². The summed E-state index contributed by atoms with van der Waals surface area (Å²) in [4.78, 5) is 4.69. The van der Waals surface area contributed by atoms with E-state index in [0.717, 1.165) is 27.5 Å². The Labute approximate surface area is 118 Å². The highest BCUT2D eigenvalue weighted by Crippen LogP contribution is 2.30. The number of rotatable bonds is 2. The molecule has 0 atom stereocenters. The molecule has 1 N–H and O–H groups in total. The molecule has 19 heavy (non-hydrogen) atoms. The van der Waals surface area contributed by atoms with Crippen molar-refractivity contribution in [3.05, 3.63) is 48.5 Å². The van der Waals surface area contributed by atoms with E-state index in [1.165, 1.54) is 0 Å². The average molecular weight is 274 g/mol. The van der Waals surface area contributed by atoms with Gasteiger partial charge in [0.15, 0.2) is 0 Å². The van der Waals surface area contributed by atoms with Gasteiger partial charge in [-0.25, -0.2) is 9.99 Å². The normalized spacial score (nSPS) is 10.7. The summed E-state index contributed by atoms with van der Waals surface area (Å²) in [5, 5.41) is 4.24. The second-order valence-corrected chi connectivity index (χ2v) is 4.53. The van der Waals surface area contributed by atoms with Gasteiger partial charge in [-0.15, -0.1) is 12.4 Å². The fourth-order valence-electron chi connectivity index (χ4n) is 2.18. The van der Waals surface area contributed by atoms with Gasteiger partial charge in [-0.2, -0.15) is 0 Å². The number of nitrogens with one attached hydrogen (secondary N) is 1. The van der Waals surface area contributed by atoms with Crippen LogP contribution in [0, 0.1) is 0 Å². The van der Waals surface area contributed by atoms with Crippen LogP contribution in [0.3, 0.4) is 0 Å². The number of anilines is 1. The summed E-state index contributed by atoms with van der Waals surface area (Å²) in [6, 6.07) is 16.4. The molecule has 0 spiro atoms. The fourth-order valence-corrected chi connectivity index (χ4v) is 2.18. The van der Waals surface area contributed by atoms with Crippen molar-refractivity contribution in [3.63, 3.8) is 0 Å². The molecule has 0 amide bonds. The first-order valence-corrected chi connectivity index (χ1v) is 5.97. The van der Waals surface area contributed by atoms with E-state index in [1.807, 2.05) is 55.5 Å². The van der Waals surface area contributed by atoms with Crippen molar-refractivity contribution >= 4 is 39.9 Å². The van der Waals surface area contributed by atoms with Crippen LogP contribution < -0.4 is 5.43 Å². The van der Waals surface area contributed by atoms with Gasteiger partial charge in [-0.05, 0) is 12.1 Å². The molecule has 0 aliphatic carbocycles. The molecular weight excluding hydrogens is 258 g/mol. The van der Waals surface area contributed by atoms with Gasteiger partial charge in [0.25, 0.3) is 0 Å². The number of hydrazine groups is 1. The third kappa shape index (κ3) is 2.48. The molecule has 0 saturated carbocycles. The fraction of sp³-hybridized carbons (Fsp3) is 0.133. The number of aromatic nitrogens is 1. The molecule has 3 rings (SSSR count). The Morgan fingerprint density at radius 2 is 1.32 bits per heavy atom. The van der Waals surface area contributed by atoms with E-state index in [0.29, 0.717) is 0 Å². The molecule has 0 unspecified atom stereocenters. The molecule has 3 aromatic rings. The molecule has 2 aromatic carbocycles. The van der Waals surface area contributed by atoms with Crippen LogP contribution in [0.15, 0.2) is 48.5 Å². The Balaban J connectivity index is 0.00000133. The van der Waals surface area contributed by atoms with Crippen LogP contribution >= 0.6 is 12.4 Å². The van der Waals surface area contributed by atoms with Crippen molar-refractivity contribution in [2.45, 2.75) is 0 Å². The number of para-hydroxylation sites is 2. The monoisotopic (exact) mass is 273 g/mol. The summed E-state index contributed by atoms with van der Waals surface area (Å²) in [6.07, 6.45) is 0. The molecule has 98 valence electrons. The Morgan fingerprint density at radius 3 is 1.79 bits per heavy atom. The zero-order valence-corrected chi connectivity index (χ0v) is 11.7. The first kappa shape index (κ1) is 13.6. The van der Waals surface area contributed by atoms with E-state index in [-0.39, 0.29) is 12.4 Å². The average Bonchev–Trinajstić information content (AvgIpc) is 2.38. The molecule has 1 aromatic heterocycles. The van der Waals surface area contributed by atoms with E-state index in [9.17, 15) is 0 Å². The molecule has 0 aliphatic heterocycles. The highest BCUT2D eigenvalue weighted by molar-refractivity contribution is 6.07. The minimum Gasteiger partial charge on any atom is -0.318 e. The number of hydrogen-bond donors (Lipinski definition) is 1. The van der Waals surface area contributed by atoms with E-state index in [1.54, 1.807) is 0 Å². The minimum atomic E-state index is 0. The highest BCUT2D eigenvalue weighted by Gasteiger charge is 2.08. The Bertz CT molecular complexity index is 656. The van der Waals surface area contributed by atoms with E-state index < -0.39 is 0 Å². The predicted octanol–water partition coefficient (Wildman–Crippen LogP) is 3.70.